The van der Waals surface area contributed by atoms with E-state index in [9.17, 15) is 4.79 Å². The van der Waals surface area contributed by atoms with Crippen molar-refractivity contribution in [1.29, 1.82) is 0 Å². The average Bonchev–Trinajstić information content (AvgIpc) is 3.10. The molecule has 0 bridgehead atoms. The molecular formula is C20H19NO4. The Morgan fingerprint density at radius 3 is 2.48 bits per heavy atom. The highest BCUT2D eigenvalue weighted by atomic mass is 16.5. The number of nitrogens with zero attached hydrogens (tertiary/aromatic N) is 1. The number of hydrogen-bond donors (Lipinski definition) is 0. The van der Waals surface area contributed by atoms with Crippen LogP contribution in [-0.2, 0) is 11.3 Å². The molecule has 0 saturated heterocycles. The summed E-state index contributed by atoms with van der Waals surface area (Å²) in [5.74, 6) is 0.803. The van der Waals surface area contributed by atoms with Crippen LogP contribution in [0.1, 0.15) is 29.9 Å². The number of rotatable bonds is 6. The fourth-order valence-electron chi connectivity index (χ4n) is 2.25. The Balaban J connectivity index is 1.58. The van der Waals surface area contributed by atoms with Gasteiger partial charge in [-0.15, -0.1) is 0 Å². The first-order chi connectivity index (χ1) is 12.1. The second kappa shape index (κ2) is 7.66. The van der Waals surface area contributed by atoms with Gasteiger partial charge in [-0.1, -0.05) is 18.2 Å². The second-order valence-corrected chi connectivity index (χ2v) is 5.78. The third-order valence-electron chi connectivity index (χ3n) is 3.39. The van der Waals surface area contributed by atoms with Gasteiger partial charge in [-0.3, -0.25) is 0 Å². The lowest BCUT2D eigenvalue weighted by molar-refractivity contribution is 0.0467. The van der Waals surface area contributed by atoms with Crippen LogP contribution in [0.15, 0.2) is 65.3 Å². The van der Waals surface area contributed by atoms with Crippen LogP contribution in [-0.4, -0.2) is 17.1 Å². The van der Waals surface area contributed by atoms with Crippen LogP contribution in [0, 0.1) is 0 Å². The van der Waals surface area contributed by atoms with Crippen LogP contribution in [0.25, 0.3) is 11.5 Å². The summed E-state index contributed by atoms with van der Waals surface area (Å²) < 4.78 is 16.3. The normalized spacial score (nSPS) is 10.7. The SMILES string of the molecule is CC(C)Oc1ccc(C(=O)OCc2coc(-c3ccccc3)n2)cc1. The fraction of sp³-hybridized carbons (Fsp3) is 0.200. The summed E-state index contributed by atoms with van der Waals surface area (Å²) in [6.07, 6.45) is 1.58. The van der Waals surface area contributed by atoms with E-state index in [1.807, 2.05) is 44.2 Å². The minimum absolute atomic E-state index is 0.0550. The molecule has 1 aromatic heterocycles. The van der Waals surface area contributed by atoms with E-state index in [2.05, 4.69) is 4.98 Å². The maximum absolute atomic E-state index is 12.1. The molecule has 0 saturated carbocycles. The molecule has 128 valence electrons. The maximum atomic E-state index is 12.1. The van der Waals surface area contributed by atoms with Gasteiger partial charge in [0.1, 0.15) is 24.3 Å². The van der Waals surface area contributed by atoms with Crippen molar-refractivity contribution in [3.8, 4) is 17.2 Å². The molecule has 3 aromatic rings. The molecule has 0 fully saturated rings. The summed E-state index contributed by atoms with van der Waals surface area (Å²) in [5.41, 5.74) is 1.90. The Morgan fingerprint density at radius 2 is 1.80 bits per heavy atom. The summed E-state index contributed by atoms with van der Waals surface area (Å²) in [6, 6.07) is 16.4. The topological polar surface area (TPSA) is 61.6 Å². The Morgan fingerprint density at radius 1 is 1.08 bits per heavy atom. The van der Waals surface area contributed by atoms with Crippen LogP contribution in [0.3, 0.4) is 0 Å². The third kappa shape index (κ3) is 4.47. The van der Waals surface area contributed by atoms with Gasteiger partial charge in [0.05, 0.1) is 11.7 Å². The minimum atomic E-state index is -0.416. The summed E-state index contributed by atoms with van der Waals surface area (Å²) in [7, 11) is 0. The lowest BCUT2D eigenvalue weighted by Gasteiger charge is -2.09. The zero-order valence-electron chi connectivity index (χ0n) is 14.1. The Bertz CT molecular complexity index is 822. The monoisotopic (exact) mass is 337 g/mol. The molecule has 0 N–H and O–H groups in total. The Hall–Kier alpha value is -3.08. The van der Waals surface area contributed by atoms with E-state index < -0.39 is 5.97 Å². The second-order valence-electron chi connectivity index (χ2n) is 5.78. The summed E-state index contributed by atoms with van der Waals surface area (Å²) in [6.45, 7) is 3.95. The van der Waals surface area contributed by atoms with Crippen LogP contribution >= 0.6 is 0 Å². The van der Waals surface area contributed by atoms with Gasteiger partial charge in [-0.2, -0.15) is 0 Å². The van der Waals surface area contributed by atoms with Crippen LogP contribution in [0.4, 0.5) is 0 Å². The predicted octanol–water partition coefficient (Wildman–Crippen LogP) is 4.49. The highest BCUT2D eigenvalue weighted by Gasteiger charge is 2.11. The summed E-state index contributed by atoms with van der Waals surface area (Å²) >= 11 is 0. The molecule has 0 aliphatic rings. The van der Waals surface area contributed by atoms with Crippen molar-refractivity contribution in [3.05, 3.63) is 72.1 Å². The zero-order chi connectivity index (χ0) is 17.6. The standard InChI is InChI=1S/C20H19NO4/c1-14(2)25-18-10-8-16(9-11-18)20(22)24-13-17-12-23-19(21-17)15-6-4-3-5-7-15/h3-12,14H,13H2,1-2H3. The van der Waals surface area contributed by atoms with Crippen LogP contribution < -0.4 is 4.74 Å². The van der Waals surface area contributed by atoms with Crippen molar-refractivity contribution in [2.75, 3.05) is 0 Å². The number of carbonyl (C=O) groups is 1. The first-order valence-electron chi connectivity index (χ1n) is 8.05. The van der Waals surface area contributed by atoms with Gasteiger partial charge in [-0.05, 0) is 50.2 Å². The lowest BCUT2D eigenvalue weighted by Crippen LogP contribution is -2.07. The van der Waals surface area contributed by atoms with Crippen molar-refractivity contribution in [2.24, 2.45) is 0 Å². The van der Waals surface area contributed by atoms with E-state index >= 15 is 0 Å². The predicted molar refractivity (Wildman–Crippen MR) is 93.3 cm³/mol. The lowest BCUT2D eigenvalue weighted by atomic mass is 10.2. The van der Waals surface area contributed by atoms with Crippen molar-refractivity contribution < 1.29 is 18.7 Å². The highest BCUT2D eigenvalue weighted by molar-refractivity contribution is 5.89. The van der Waals surface area contributed by atoms with E-state index in [0.717, 1.165) is 11.3 Å². The van der Waals surface area contributed by atoms with Crippen molar-refractivity contribution in [2.45, 2.75) is 26.6 Å². The molecule has 5 heteroatoms. The highest BCUT2D eigenvalue weighted by Crippen LogP contribution is 2.19. The van der Waals surface area contributed by atoms with Gasteiger partial charge in [-0.25, -0.2) is 9.78 Å². The first kappa shape index (κ1) is 16.8. The van der Waals surface area contributed by atoms with Gasteiger partial charge in [0.15, 0.2) is 0 Å². The molecule has 0 radical (unpaired) electrons. The molecule has 0 amide bonds. The first-order valence-corrected chi connectivity index (χ1v) is 8.05. The van der Waals surface area contributed by atoms with Crippen LogP contribution in [0.5, 0.6) is 5.75 Å². The van der Waals surface area contributed by atoms with E-state index in [4.69, 9.17) is 13.9 Å². The molecule has 2 aromatic carbocycles. The Kier molecular flexibility index (Phi) is 5.14. The zero-order valence-corrected chi connectivity index (χ0v) is 14.1. The molecule has 0 spiro atoms. The number of benzene rings is 2. The summed E-state index contributed by atoms with van der Waals surface area (Å²) in [5, 5.41) is 0. The number of aromatic nitrogens is 1. The van der Waals surface area contributed by atoms with Crippen molar-refractivity contribution in [3.63, 3.8) is 0 Å². The summed E-state index contributed by atoms with van der Waals surface area (Å²) in [4.78, 5) is 16.4. The fourth-order valence-corrected chi connectivity index (χ4v) is 2.25. The molecule has 5 nitrogen and oxygen atoms in total. The van der Waals surface area contributed by atoms with Crippen molar-refractivity contribution in [1.82, 2.24) is 4.98 Å². The number of ether oxygens (including phenoxy) is 2. The average molecular weight is 337 g/mol. The maximum Gasteiger partial charge on any atom is 0.338 e. The van der Waals surface area contributed by atoms with Gasteiger partial charge in [0.25, 0.3) is 0 Å². The quantitative estimate of drug-likeness (QED) is 0.620. The molecule has 0 aliphatic heterocycles. The molecule has 0 aliphatic carbocycles. The van der Waals surface area contributed by atoms with Gasteiger partial charge in [0.2, 0.25) is 5.89 Å². The Labute approximate surface area is 146 Å². The van der Waals surface area contributed by atoms with Gasteiger partial charge < -0.3 is 13.9 Å². The number of carbonyl (C=O) groups excluding carboxylic acids is 1. The smallest absolute Gasteiger partial charge is 0.338 e. The van der Waals surface area contributed by atoms with Gasteiger partial charge in [0, 0.05) is 5.56 Å². The molecule has 0 unspecified atom stereocenters. The third-order valence-corrected chi connectivity index (χ3v) is 3.39. The molecule has 25 heavy (non-hydrogen) atoms. The van der Waals surface area contributed by atoms with E-state index in [0.29, 0.717) is 17.1 Å². The van der Waals surface area contributed by atoms with E-state index in [1.165, 1.54) is 6.26 Å². The number of hydrogen-bond acceptors (Lipinski definition) is 5. The number of esters is 1. The largest absolute Gasteiger partial charge is 0.491 e. The van der Waals surface area contributed by atoms with Gasteiger partial charge >= 0.3 is 5.97 Å². The molecular weight excluding hydrogens is 318 g/mol. The minimum Gasteiger partial charge on any atom is -0.491 e. The number of oxazole rings is 1. The van der Waals surface area contributed by atoms with Crippen LogP contribution in [0.2, 0.25) is 0 Å². The van der Waals surface area contributed by atoms with E-state index in [1.54, 1.807) is 24.3 Å². The van der Waals surface area contributed by atoms with E-state index in [-0.39, 0.29) is 12.7 Å². The molecule has 0 atom stereocenters. The molecule has 1 heterocycles. The van der Waals surface area contributed by atoms with Crippen molar-refractivity contribution >= 4 is 5.97 Å². The molecule has 3 rings (SSSR count).